The fraction of sp³-hybridized carbons (Fsp3) is 0.412. The van der Waals surface area contributed by atoms with E-state index in [1.807, 2.05) is 18.2 Å². The summed E-state index contributed by atoms with van der Waals surface area (Å²) in [6.07, 6.45) is 0.833. The van der Waals surface area contributed by atoms with Crippen LogP contribution in [-0.2, 0) is 14.3 Å². The maximum absolute atomic E-state index is 11.5. The second-order valence-electron chi connectivity index (χ2n) is 5.66. The van der Waals surface area contributed by atoms with Gasteiger partial charge in [0, 0.05) is 6.08 Å². The van der Waals surface area contributed by atoms with Crippen LogP contribution < -0.4 is 0 Å². The average molecular weight is 308 g/mol. The van der Waals surface area contributed by atoms with E-state index in [0.29, 0.717) is 25.4 Å². The van der Waals surface area contributed by atoms with E-state index in [1.54, 1.807) is 12.1 Å². The van der Waals surface area contributed by atoms with E-state index >= 15 is 0 Å². The van der Waals surface area contributed by atoms with Crippen LogP contribution in [-0.4, -0.2) is 36.9 Å². The predicted molar refractivity (Wildman–Crippen MR) is 84.8 cm³/mol. The molecule has 5 heteroatoms. The molecule has 0 saturated heterocycles. The molecule has 0 aliphatic rings. The molecule has 0 heterocycles. The first kappa shape index (κ1) is 19.9. The van der Waals surface area contributed by atoms with E-state index in [9.17, 15) is 9.59 Å². The van der Waals surface area contributed by atoms with Gasteiger partial charge in [-0.3, -0.25) is 0 Å². The average Bonchev–Trinajstić information content (AvgIpc) is 2.47. The van der Waals surface area contributed by atoms with Crippen molar-refractivity contribution >= 4 is 11.9 Å². The molecular weight excluding hydrogens is 284 g/mol. The zero-order chi connectivity index (χ0) is 17.0. The molecule has 0 saturated carbocycles. The largest absolute Gasteiger partial charge is 0.478 e. The van der Waals surface area contributed by atoms with Crippen molar-refractivity contribution in [2.24, 2.45) is 5.41 Å². The van der Waals surface area contributed by atoms with Gasteiger partial charge in [-0.05, 0) is 17.5 Å². The molecule has 0 atom stereocenters. The maximum atomic E-state index is 11.5. The molecule has 1 N–H and O–H groups in total. The number of esters is 1. The Morgan fingerprint density at radius 2 is 1.73 bits per heavy atom. The maximum Gasteiger partial charge on any atom is 0.338 e. The number of carbonyl (C=O) groups excluding carboxylic acids is 1. The summed E-state index contributed by atoms with van der Waals surface area (Å²) < 4.78 is 10.5. The number of aliphatic carboxylic acids is 1. The molecule has 0 amide bonds. The number of rotatable bonds is 6. The van der Waals surface area contributed by atoms with Gasteiger partial charge in [0.1, 0.15) is 6.61 Å². The second kappa shape index (κ2) is 10.6. The summed E-state index contributed by atoms with van der Waals surface area (Å²) >= 11 is 0. The van der Waals surface area contributed by atoms with Crippen LogP contribution in [0.15, 0.2) is 43.0 Å². The van der Waals surface area contributed by atoms with Crippen molar-refractivity contribution < 1.29 is 24.2 Å². The predicted octanol–water partition coefficient (Wildman–Crippen LogP) is 3.16. The lowest BCUT2D eigenvalue weighted by Crippen LogP contribution is -2.18. The van der Waals surface area contributed by atoms with Crippen molar-refractivity contribution in [3.63, 3.8) is 0 Å². The van der Waals surface area contributed by atoms with Crippen molar-refractivity contribution in [3.05, 3.63) is 48.6 Å². The third-order valence-electron chi connectivity index (χ3n) is 2.18. The number of hydrogen-bond donors (Lipinski definition) is 1. The Morgan fingerprint density at radius 1 is 1.18 bits per heavy atom. The van der Waals surface area contributed by atoms with E-state index in [1.165, 1.54) is 0 Å². The van der Waals surface area contributed by atoms with Gasteiger partial charge in [0.05, 0.1) is 18.8 Å². The second-order valence-corrected chi connectivity index (χ2v) is 5.66. The molecule has 122 valence electrons. The summed E-state index contributed by atoms with van der Waals surface area (Å²) in [4.78, 5) is 20.8. The minimum Gasteiger partial charge on any atom is -0.478 e. The van der Waals surface area contributed by atoms with Crippen molar-refractivity contribution in [2.45, 2.75) is 20.8 Å². The molecule has 0 fully saturated rings. The highest BCUT2D eigenvalue weighted by molar-refractivity contribution is 5.89. The van der Waals surface area contributed by atoms with Crippen LogP contribution >= 0.6 is 0 Å². The van der Waals surface area contributed by atoms with E-state index in [4.69, 9.17) is 14.6 Å². The lowest BCUT2D eigenvalue weighted by molar-refractivity contribution is -0.131. The Balaban J connectivity index is 0.000000763. The molecular formula is C17H24O5. The van der Waals surface area contributed by atoms with Crippen LogP contribution in [0.4, 0.5) is 0 Å². The molecule has 1 aromatic carbocycles. The Hall–Kier alpha value is -2.14. The fourth-order valence-electron chi connectivity index (χ4n) is 1.23. The first-order valence-corrected chi connectivity index (χ1v) is 6.91. The van der Waals surface area contributed by atoms with Gasteiger partial charge in [0.2, 0.25) is 0 Å². The van der Waals surface area contributed by atoms with E-state index in [-0.39, 0.29) is 11.4 Å². The van der Waals surface area contributed by atoms with Gasteiger partial charge in [0.25, 0.3) is 0 Å². The molecule has 0 unspecified atom stereocenters. The Kier molecular flexibility index (Phi) is 9.54. The molecule has 0 aliphatic heterocycles. The summed E-state index contributed by atoms with van der Waals surface area (Å²) in [5, 5.41) is 7.60. The van der Waals surface area contributed by atoms with Crippen LogP contribution in [0.1, 0.15) is 31.1 Å². The summed E-state index contributed by atoms with van der Waals surface area (Å²) in [5.74, 6) is -1.28. The quantitative estimate of drug-likeness (QED) is 0.496. The van der Waals surface area contributed by atoms with Gasteiger partial charge in [-0.2, -0.15) is 0 Å². The number of carbonyl (C=O) groups is 2. The van der Waals surface area contributed by atoms with Gasteiger partial charge in [0.15, 0.2) is 0 Å². The van der Waals surface area contributed by atoms with Crippen molar-refractivity contribution in [1.82, 2.24) is 0 Å². The first-order chi connectivity index (χ1) is 10.3. The standard InChI is InChI=1S/C14H20O3.C3H4O2/c1-14(2,3)11-16-9-10-17-13(15)12-7-5-4-6-8-12;1-2-3(4)5/h4-8H,9-11H2,1-3H3;2H,1H2,(H,4,5). The lowest BCUT2D eigenvalue weighted by atomic mass is 9.99. The van der Waals surface area contributed by atoms with Crippen LogP contribution in [0.25, 0.3) is 0 Å². The highest BCUT2D eigenvalue weighted by Gasteiger charge is 2.10. The molecule has 0 radical (unpaired) electrons. The van der Waals surface area contributed by atoms with E-state index < -0.39 is 5.97 Å². The number of carboxylic acids is 1. The zero-order valence-electron chi connectivity index (χ0n) is 13.4. The molecule has 0 aromatic heterocycles. The zero-order valence-corrected chi connectivity index (χ0v) is 13.4. The summed E-state index contributed by atoms with van der Waals surface area (Å²) in [6, 6.07) is 8.96. The molecule has 1 aromatic rings. The highest BCUT2D eigenvalue weighted by atomic mass is 16.6. The van der Waals surface area contributed by atoms with Gasteiger partial charge < -0.3 is 14.6 Å². The molecule has 5 nitrogen and oxygen atoms in total. The minimum atomic E-state index is -0.981. The molecule has 0 aliphatic carbocycles. The van der Waals surface area contributed by atoms with Crippen LogP contribution in [0, 0.1) is 5.41 Å². The number of hydrogen-bond acceptors (Lipinski definition) is 4. The van der Waals surface area contributed by atoms with Gasteiger partial charge in [-0.15, -0.1) is 0 Å². The van der Waals surface area contributed by atoms with Crippen LogP contribution in [0.3, 0.4) is 0 Å². The van der Waals surface area contributed by atoms with Gasteiger partial charge >= 0.3 is 11.9 Å². The monoisotopic (exact) mass is 308 g/mol. The van der Waals surface area contributed by atoms with Crippen molar-refractivity contribution in [3.8, 4) is 0 Å². The molecule has 0 bridgehead atoms. The number of ether oxygens (including phenoxy) is 2. The molecule has 1 rings (SSSR count). The normalized spacial score (nSPS) is 10.1. The summed E-state index contributed by atoms with van der Waals surface area (Å²) in [7, 11) is 0. The van der Waals surface area contributed by atoms with Crippen LogP contribution in [0.5, 0.6) is 0 Å². The van der Waals surface area contributed by atoms with Crippen LogP contribution in [0.2, 0.25) is 0 Å². The fourth-order valence-corrected chi connectivity index (χ4v) is 1.23. The topological polar surface area (TPSA) is 72.8 Å². The summed E-state index contributed by atoms with van der Waals surface area (Å²) in [5.41, 5.74) is 0.715. The highest BCUT2D eigenvalue weighted by Crippen LogP contribution is 2.12. The Bertz CT molecular complexity index is 460. The Labute approximate surface area is 131 Å². The Morgan fingerprint density at radius 3 is 2.18 bits per heavy atom. The molecule has 22 heavy (non-hydrogen) atoms. The summed E-state index contributed by atoms with van der Waals surface area (Å²) in [6.45, 7) is 10.7. The van der Waals surface area contributed by atoms with Gasteiger partial charge in [-0.25, -0.2) is 9.59 Å². The first-order valence-electron chi connectivity index (χ1n) is 6.91. The van der Waals surface area contributed by atoms with Gasteiger partial charge in [-0.1, -0.05) is 45.5 Å². The minimum absolute atomic E-state index is 0.142. The number of benzene rings is 1. The molecule has 0 spiro atoms. The third-order valence-corrected chi connectivity index (χ3v) is 2.18. The SMILES string of the molecule is C=CC(=O)O.CC(C)(C)COCCOC(=O)c1ccccc1. The smallest absolute Gasteiger partial charge is 0.338 e. The lowest BCUT2D eigenvalue weighted by Gasteiger charge is -2.17. The van der Waals surface area contributed by atoms with Crippen molar-refractivity contribution in [2.75, 3.05) is 19.8 Å². The third kappa shape index (κ3) is 11.7. The van der Waals surface area contributed by atoms with E-state index in [2.05, 4.69) is 27.4 Å². The van der Waals surface area contributed by atoms with E-state index in [0.717, 1.165) is 6.08 Å². The van der Waals surface area contributed by atoms with Crippen molar-refractivity contribution in [1.29, 1.82) is 0 Å². The number of carboxylic acid groups (broad SMARTS) is 1.